The summed E-state index contributed by atoms with van der Waals surface area (Å²) in [7, 11) is 1.26. The zero-order valence-electron chi connectivity index (χ0n) is 23.2. The van der Waals surface area contributed by atoms with Gasteiger partial charge in [0.05, 0.1) is 41.7 Å². The lowest BCUT2D eigenvalue weighted by molar-refractivity contribution is -0.274. The number of esters is 1. The highest BCUT2D eigenvalue weighted by molar-refractivity contribution is 7.22. The minimum atomic E-state index is -4.82. The number of thiazole rings is 1. The van der Waals surface area contributed by atoms with Crippen molar-refractivity contribution in [2.75, 3.05) is 31.7 Å². The molecule has 2 aliphatic carbocycles. The maximum atomic E-state index is 14.7. The summed E-state index contributed by atoms with van der Waals surface area (Å²) in [4.78, 5) is 24.4. The summed E-state index contributed by atoms with van der Waals surface area (Å²) >= 11 is 1.36. The number of benzene rings is 2. The standard InChI is InChI=1S/C30H29F4N3O5S/c1-39-28(38)16-10-22(31)26-24(11-16)43-29(35-26)37-12-17-8-19(9-18(17)13-37)40-14-21-25(36-42-27(21)15-6-7-15)20-4-2-3-5-23(20)41-30(32,33)34/h2-5,10-11,15,17-19,21,27H,6-9,12-14H2,1H3. The van der Waals surface area contributed by atoms with E-state index in [1.165, 1.54) is 30.6 Å². The van der Waals surface area contributed by atoms with Gasteiger partial charge in [0.15, 0.2) is 10.9 Å². The van der Waals surface area contributed by atoms with E-state index in [4.69, 9.17) is 14.3 Å². The van der Waals surface area contributed by atoms with Gasteiger partial charge >= 0.3 is 12.3 Å². The van der Waals surface area contributed by atoms with Gasteiger partial charge in [-0.05, 0) is 67.7 Å². The molecule has 0 spiro atoms. The molecule has 0 bridgehead atoms. The number of methoxy groups -OCH3 is 1. The molecule has 2 aliphatic heterocycles. The Morgan fingerprint density at radius 2 is 1.86 bits per heavy atom. The van der Waals surface area contributed by atoms with Crippen LogP contribution in [0.5, 0.6) is 5.75 Å². The molecule has 8 nitrogen and oxygen atoms in total. The Hall–Kier alpha value is -3.45. The molecule has 1 aromatic heterocycles. The molecular weight excluding hydrogens is 590 g/mol. The van der Waals surface area contributed by atoms with E-state index in [1.807, 2.05) is 0 Å². The molecule has 0 radical (unpaired) electrons. The highest BCUT2D eigenvalue weighted by Crippen LogP contribution is 2.45. The maximum Gasteiger partial charge on any atom is 0.573 e. The first-order valence-electron chi connectivity index (χ1n) is 14.3. The van der Waals surface area contributed by atoms with Gasteiger partial charge in [-0.2, -0.15) is 0 Å². The van der Waals surface area contributed by atoms with Crippen LogP contribution in [0.2, 0.25) is 0 Å². The number of nitrogens with zero attached hydrogens (tertiary/aromatic N) is 3. The monoisotopic (exact) mass is 619 g/mol. The van der Waals surface area contributed by atoms with Crippen molar-refractivity contribution in [3.63, 3.8) is 0 Å². The van der Waals surface area contributed by atoms with Gasteiger partial charge in [-0.1, -0.05) is 28.6 Å². The van der Waals surface area contributed by atoms with Crippen molar-refractivity contribution in [3.05, 3.63) is 53.3 Å². The van der Waals surface area contributed by atoms with Gasteiger partial charge in [0.25, 0.3) is 0 Å². The maximum absolute atomic E-state index is 14.7. The van der Waals surface area contributed by atoms with Crippen molar-refractivity contribution in [1.29, 1.82) is 0 Å². The number of aromatic nitrogens is 1. The van der Waals surface area contributed by atoms with E-state index in [0.717, 1.165) is 50.0 Å². The highest BCUT2D eigenvalue weighted by atomic mass is 32.1. The van der Waals surface area contributed by atoms with Crippen LogP contribution in [0.25, 0.3) is 10.2 Å². The molecule has 3 aromatic rings. The van der Waals surface area contributed by atoms with Crippen LogP contribution in [-0.2, 0) is 14.3 Å². The number of ether oxygens (including phenoxy) is 3. The number of alkyl halides is 3. The minimum absolute atomic E-state index is 0.0101. The summed E-state index contributed by atoms with van der Waals surface area (Å²) < 4.78 is 70.0. The highest BCUT2D eigenvalue weighted by Gasteiger charge is 2.47. The molecule has 2 aromatic carbocycles. The Morgan fingerprint density at radius 3 is 2.56 bits per heavy atom. The summed E-state index contributed by atoms with van der Waals surface area (Å²) in [5.41, 5.74) is 1.10. The van der Waals surface area contributed by atoms with Crippen molar-refractivity contribution in [1.82, 2.24) is 4.98 Å². The van der Waals surface area contributed by atoms with E-state index in [-0.39, 0.29) is 40.5 Å². The van der Waals surface area contributed by atoms with Crippen molar-refractivity contribution in [2.45, 2.75) is 44.3 Å². The normalized spacial score (nSPS) is 26.9. The number of oxime groups is 1. The van der Waals surface area contributed by atoms with E-state index in [0.29, 0.717) is 34.8 Å². The van der Waals surface area contributed by atoms with E-state index in [2.05, 4.69) is 19.8 Å². The van der Waals surface area contributed by atoms with Crippen molar-refractivity contribution < 1.29 is 41.4 Å². The number of hydrogen-bond acceptors (Lipinski definition) is 9. The van der Waals surface area contributed by atoms with Crippen molar-refractivity contribution in [2.24, 2.45) is 28.8 Å². The summed E-state index contributed by atoms with van der Waals surface area (Å²) in [6.07, 6.45) is -1.37. The lowest BCUT2D eigenvalue weighted by Gasteiger charge is -2.23. The van der Waals surface area contributed by atoms with Crippen molar-refractivity contribution in [3.8, 4) is 5.75 Å². The molecule has 3 heterocycles. The molecule has 0 amide bonds. The van der Waals surface area contributed by atoms with Gasteiger partial charge in [-0.3, -0.25) is 0 Å². The fourth-order valence-corrected chi connectivity index (χ4v) is 7.73. The van der Waals surface area contributed by atoms with Gasteiger partial charge in [0.2, 0.25) is 0 Å². The predicted octanol–water partition coefficient (Wildman–Crippen LogP) is 6.18. The molecule has 0 N–H and O–H groups in total. The fourth-order valence-electron chi connectivity index (χ4n) is 6.69. The van der Waals surface area contributed by atoms with Crippen LogP contribution in [-0.4, -0.2) is 62.0 Å². The Kier molecular flexibility index (Phi) is 7.19. The molecule has 4 atom stereocenters. The molecule has 3 fully saturated rings. The molecule has 1 saturated heterocycles. The van der Waals surface area contributed by atoms with E-state index in [1.54, 1.807) is 18.2 Å². The third-order valence-electron chi connectivity index (χ3n) is 8.84. The first kappa shape index (κ1) is 28.3. The topological polar surface area (TPSA) is 82.5 Å². The summed E-state index contributed by atoms with van der Waals surface area (Å²) in [5.74, 6) is -0.683. The van der Waals surface area contributed by atoms with Crippen LogP contribution in [0.3, 0.4) is 0 Å². The van der Waals surface area contributed by atoms with E-state index < -0.39 is 18.1 Å². The third kappa shape index (κ3) is 5.64. The molecular formula is C30H29F4N3O5S. The van der Waals surface area contributed by atoms with Crippen LogP contribution >= 0.6 is 11.3 Å². The number of halogens is 4. The quantitative estimate of drug-likeness (QED) is 0.220. The van der Waals surface area contributed by atoms with Gasteiger partial charge < -0.3 is 23.9 Å². The predicted molar refractivity (Wildman–Crippen MR) is 150 cm³/mol. The molecule has 228 valence electrons. The second-order valence-corrected chi connectivity index (χ2v) is 12.7. The Morgan fingerprint density at radius 1 is 1.12 bits per heavy atom. The minimum Gasteiger partial charge on any atom is -0.465 e. The second kappa shape index (κ2) is 10.9. The molecule has 4 aliphatic rings. The largest absolute Gasteiger partial charge is 0.573 e. The van der Waals surface area contributed by atoms with Gasteiger partial charge in [0, 0.05) is 18.7 Å². The third-order valence-corrected chi connectivity index (χ3v) is 9.91. The lowest BCUT2D eigenvalue weighted by Crippen LogP contribution is -2.32. The Balaban J connectivity index is 1.00. The Labute approximate surface area is 248 Å². The average molecular weight is 620 g/mol. The molecule has 7 rings (SSSR count). The van der Waals surface area contributed by atoms with Gasteiger partial charge in [-0.25, -0.2) is 14.2 Å². The zero-order valence-corrected chi connectivity index (χ0v) is 24.0. The van der Waals surface area contributed by atoms with Crippen LogP contribution < -0.4 is 9.64 Å². The summed E-state index contributed by atoms with van der Waals surface area (Å²) in [5, 5.41) is 4.96. The van der Waals surface area contributed by atoms with E-state index >= 15 is 0 Å². The number of fused-ring (bicyclic) bond motifs is 2. The SMILES string of the molecule is COC(=O)c1cc(F)c2nc(N3CC4CC(OCC5C(c6ccccc6OC(F)(F)F)=NOC5C5CC5)CC4C3)sc2c1. The molecule has 2 saturated carbocycles. The van der Waals surface area contributed by atoms with Crippen LogP contribution in [0, 0.1) is 29.5 Å². The number of para-hydroxylation sites is 1. The fraction of sp³-hybridized carbons (Fsp3) is 0.500. The number of anilines is 1. The number of carbonyl (C=O) groups is 1. The summed E-state index contributed by atoms with van der Waals surface area (Å²) in [6.45, 7) is 1.83. The van der Waals surface area contributed by atoms with Crippen LogP contribution in [0.1, 0.15) is 41.6 Å². The number of hydrogen-bond donors (Lipinski definition) is 0. The average Bonchev–Trinajstić information content (AvgIpc) is 3.26. The molecule has 43 heavy (non-hydrogen) atoms. The summed E-state index contributed by atoms with van der Waals surface area (Å²) in [6, 6.07) is 8.78. The first-order valence-corrected chi connectivity index (χ1v) is 15.1. The van der Waals surface area contributed by atoms with Gasteiger partial charge in [0.1, 0.15) is 17.4 Å². The van der Waals surface area contributed by atoms with Gasteiger partial charge in [-0.15, -0.1) is 13.2 Å². The molecule has 4 unspecified atom stereocenters. The lowest BCUT2D eigenvalue weighted by atomic mass is 9.90. The number of rotatable bonds is 8. The van der Waals surface area contributed by atoms with Crippen LogP contribution in [0.15, 0.2) is 41.6 Å². The number of carbonyl (C=O) groups excluding carboxylic acids is 1. The Bertz CT molecular complexity index is 1560. The van der Waals surface area contributed by atoms with Crippen molar-refractivity contribution >= 4 is 38.4 Å². The van der Waals surface area contributed by atoms with Crippen LogP contribution in [0.4, 0.5) is 22.7 Å². The smallest absolute Gasteiger partial charge is 0.465 e. The molecule has 13 heteroatoms. The zero-order chi connectivity index (χ0) is 29.9. The van der Waals surface area contributed by atoms with E-state index in [9.17, 15) is 22.4 Å². The second-order valence-electron chi connectivity index (χ2n) is 11.7. The first-order chi connectivity index (χ1) is 20.7.